The molecule has 1 aromatic carbocycles. The van der Waals surface area contributed by atoms with Gasteiger partial charge in [0.1, 0.15) is 0 Å². The van der Waals surface area contributed by atoms with Gasteiger partial charge in [-0.25, -0.2) is 9.78 Å². The topological polar surface area (TPSA) is 54.0 Å². The molecule has 0 aliphatic carbocycles. The van der Waals surface area contributed by atoms with E-state index >= 15 is 0 Å². The normalized spacial score (nSPS) is 11.2. The van der Waals surface area contributed by atoms with Gasteiger partial charge in [-0.2, -0.15) is 13.2 Å². The Balaban J connectivity index is 1.98. The lowest BCUT2D eigenvalue weighted by Gasteiger charge is -2.08. The van der Waals surface area contributed by atoms with Crippen LogP contribution in [-0.4, -0.2) is 11.0 Å². The second-order valence-electron chi connectivity index (χ2n) is 3.62. The van der Waals surface area contributed by atoms with Gasteiger partial charge in [-0.1, -0.05) is 11.3 Å². The molecule has 0 unspecified atom stereocenters. The van der Waals surface area contributed by atoms with Gasteiger partial charge in [0.05, 0.1) is 15.5 Å². The Morgan fingerprint density at radius 1 is 1.20 bits per heavy atom. The van der Waals surface area contributed by atoms with Gasteiger partial charge in [0.25, 0.3) is 0 Å². The van der Waals surface area contributed by atoms with Gasteiger partial charge in [-0.15, -0.1) is 0 Å². The number of carbonyl (C=O) groups excluding carboxylic acids is 1. The van der Waals surface area contributed by atoms with Crippen LogP contribution in [0.25, 0.3) is 0 Å². The molecule has 1 heterocycles. The number of aromatic nitrogens is 1. The molecule has 2 N–H and O–H groups in total. The predicted octanol–water partition coefficient (Wildman–Crippen LogP) is 4.57. The van der Waals surface area contributed by atoms with Crippen molar-refractivity contribution in [1.82, 2.24) is 4.98 Å². The molecule has 20 heavy (non-hydrogen) atoms. The van der Waals surface area contributed by atoms with E-state index in [4.69, 9.17) is 0 Å². The number of nitrogens with one attached hydrogen (secondary N) is 2. The minimum absolute atomic E-state index is 0.256. The van der Waals surface area contributed by atoms with Gasteiger partial charge >= 0.3 is 12.2 Å². The summed E-state index contributed by atoms with van der Waals surface area (Å²) in [5.41, 5.74) is -0.515. The summed E-state index contributed by atoms with van der Waals surface area (Å²) in [4.78, 5) is 15.5. The highest BCUT2D eigenvalue weighted by Gasteiger charge is 2.29. The molecule has 0 bridgehead atoms. The smallest absolute Gasteiger partial charge is 0.308 e. The van der Waals surface area contributed by atoms with Crippen molar-refractivity contribution in [3.8, 4) is 0 Å². The number of amides is 2. The summed E-state index contributed by atoms with van der Waals surface area (Å²) in [5.74, 6) is 0. The number of anilines is 2. The Labute approximate surface area is 124 Å². The third-order valence-corrected chi connectivity index (χ3v) is 3.56. The summed E-state index contributed by atoms with van der Waals surface area (Å²) in [6, 6.07) is 3.58. The van der Waals surface area contributed by atoms with Crippen LogP contribution in [0, 0.1) is 0 Å². The minimum atomic E-state index is -4.39. The molecule has 9 heteroatoms. The molecule has 0 saturated carbocycles. The lowest BCUT2D eigenvalue weighted by atomic mass is 10.2. The summed E-state index contributed by atoms with van der Waals surface area (Å²) in [6.07, 6.45) is -2.87. The van der Waals surface area contributed by atoms with Crippen LogP contribution >= 0.6 is 27.3 Å². The average Bonchev–Trinajstić information content (AvgIpc) is 2.74. The molecule has 0 spiro atoms. The Hall–Kier alpha value is -1.61. The Morgan fingerprint density at radius 2 is 1.85 bits per heavy atom. The molecule has 2 rings (SSSR count). The monoisotopic (exact) mass is 365 g/mol. The molecule has 0 fully saturated rings. The van der Waals surface area contributed by atoms with Gasteiger partial charge in [-0.05, 0) is 40.2 Å². The number of nitrogens with zero attached hydrogens (tertiary/aromatic N) is 1. The van der Waals surface area contributed by atoms with Crippen LogP contribution in [0.15, 0.2) is 34.2 Å². The van der Waals surface area contributed by atoms with Gasteiger partial charge < -0.3 is 5.32 Å². The molecule has 0 aliphatic rings. The molecule has 4 nitrogen and oxygen atoms in total. The fourth-order valence-electron chi connectivity index (χ4n) is 1.31. The maximum atomic E-state index is 12.4. The van der Waals surface area contributed by atoms with Crippen molar-refractivity contribution >= 4 is 44.1 Å². The summed E-state index contributed by atoms with van der Waals surface area (Å²) >= 11 is 4.41. The molecule has 0 aliphatic heterocycles. The van der Waals surface area contributed by atoms with Crippen molar-refractivity contribution in [1.29, 1.82) is 0 Å². The summed E-state index contributed by atoms with van der Waals surface area (Å²) < 4.78 is 37.8. The van der Waals surface area contributed by atoms with Crippen LogP contribution in [-0.2, 0) is 6.18 Å². The summed E-state index contributed by atoms with van der Waals surface area (Å²) in [7, 11) is 0. The fourth-order valence-corrected chi connectivity index (χ4v) is 2.42. The van der Waals surface area contributed by atoms with Gasteiger partial charge in [0, 0.05) is 5.69 Å². The number of halogens is 4. The maximum Gasteiger partial charge on any atom is 0.416 e. The molecule has 2 amide bonds. The molecular weight excluding hydrogens is 359 g/mol. The third-order valence-electron chi connectivity index (χ3n) is 2.17. The highest BCUT2D eigenvalue weighted by molar-refractivity contribution is 9.11. The second-order valence-corrected chi connectivity index (χ2v) is 6.03. The van der Waals surface area contributed by atoms with Gasteiger partial charge in [-0.3, -0.25) is 5.32 Å². The van der Waals surface area contributed by atoms with Crippen molar-refractivity contribution in [3.63, 3.8) is 0 Å². The number of hydrogen-bond acceptors (Lipinski definition) is 3. The first-order valence-electron chi connectivity index (χ1n) is 5.21. The molecule has 0 saturated heterocycles. The number of urea groups is 1. The molecular formula is C11H7BrF3N3OS. The maximum absolute atomic E-state index is 12.4. The van der Waals surface area contributed by atoms with E-state index in [1.54, 1.807) is 0 Å². The van der Waals surface area contributed by atoms with E-state index in [9.17, 15) is 18.0 Å². The van der Waals surface area contributed by atoms with Crippen molar-refractivity contribution in [3.05, 3.63) is 39.8 Å². The first-order chi connectivity index (χ1) is 9.34. The van der Waals surface area contributed by atoms with E-state index in [2.05, 4.69) is 31.5 Å². The quantitative estimate of drug-likeness (QED) is 0.818. The number of rotatable bonds is 2. The molecule has 1 aromatic heterocycles. The SMILES string of the molecule is O=C(Nc1ccc(C(F)(F)F)cc1)Nc1ncc(Br)s1. The van der Waals surface area contributed by atoms with Gasteiger partial charge in [0.2, 0.25) is 0 Å². The molecule has 106 valence electrons. The van der Waals surface area contributed by atoms with Crippen LogP contribution in [0.5, 0.6) is 0 Å². The Morgan fingerprint density at radius 3 is 2.35 bits per heavy atom. The van der Waals surface area contributed by atoms with E-state index in [0.29, 0.717) is 5.13 Å². The third kappa shape index (κ3) is 3.94. The number of benzene rings is 1. The fraction of sp³-hybridized carbons (Fsp3) is 0.0909. The van der Waals surface area contributed by atoms with Crippen molar-refractivity contribution in [2.75, 3.05) is 10.6 Å². The number of thiazole rings is 1. The van der Waals surface area contributed by atoms with E-state index in [-0.39, 0.29) is 5.69 Å². The number of hydrogen-bond donors (Lipinski definition) is 2. The Bertz CT molecular complexity index is 612. The lowest BCUT2D eigenvalue weighted by Crippen LogP contribution is -2.19. The van der Waals surface area contributed by atoms with Crippen molar-refractivity contribution in [2.24, 2.45) is 0 Å². The van der Waals surface area contributed by atoms with E-state index in [1.165, 1.54) is 29.7 Å². The largest absolute Gasteiger partial charge is 0.416 e. The zero-order chi connectivity index (χ0) is 14.8. The molecule has 2 aromatic rings. The summed E-state index contributed by atoms with van der Waals surface area (Å²) in [5, 5.41) is 5.25. The van der Waals surface area contributed by atoms with Crippen LogP contribution in [0.4, 0.5) is 28.8 Å². The standard InChI is InChI=1S/C11H7BrF3N3OS/c12-8-5-16-10(20-8)18-9(19)17-7-3-1-6(2-4-7)11(13,14)15/h1-5H,(H2,16,17,18,19). The van der Waals surface area contributed by atoms with Crippen molar-refractivity contribution < 1.29 is 18.0 Å². The highest BCUT2D eigenvalue weighted by Crippen LogP contribution is 2.30. The minimum Gasteiger partial charge on any atom is -0.308 e. The molecule has 0 atom stereocenters. The first-order valence-corrected chi connectivity index (χ1v) is 6.82. The zero-order valence-corrected chi connectivity index (χ0v) is 12.1. The number of alkyl halides is 3. The van der Waals surface area contributed by atoms with E-state index in [1.807, 2.05) is 0 Å². The average molecular weight is 366 g/mol. The molecule has 0 radical (unpaired) electrons. The Kier molecular flexibility index (Phi) is 4.29. The predicted molar refractivity (Wildman–Crippen MR) is 73.9 cm³/mol. The van der Waals surface area contributed by atoms with Crippen LogP contribution in [0.2, 0.25) is 0 Å². The second kappa shape index (κ2) is 5.80. The lowest BCUT2D eigenvalue weighted by molar-refractivity contribution is -0.137. The number of carbonyl (C=O) groups is 1. The first kappa shape index (κ1) is 14.8. The van der Waals surface area contributed by atoms with Crippen LogP contribution < -0.4 is 10.6 Å². The van der Waals surface area contributed by atoms with Crippen LogP contribution in [0.1, 0.15) is 5.56 Å². The van der Waals surface area contributed by atoms with Gasteiger partial charge in [0.15, 0.2) is 5.13 Å². The summed E-state index contributed by atoms with van der Waals surface area (Å²) in [6.45, 7) is 0. The van der Waals surface area contributed by atoms with E-state index in [0.717, 1.165) is 15.9 Å². The zero-order valence-electron chi connectivity index (χ0n) is 9.66. The van der Waals surface area contributed by atoms with Crippen LogP contribution in [0.3, 0.4) is 0 Å². The van der Waals surface area contributed by atoms with Crippen molar-refractivity contribution in [2.45, 2.75) is 6.18 Å². The van der Waals surface area contributed by atoms with E-state index < -0.39 is 17.8 Å². The highest BCUT2D eigenvalue weighted by atomic mass is 79.9.